The molecule has 23 heavy (non-hydrogen) atoms. The average molecular weight is 324 g/mol. The van der Waals surface area contributed by atoms with E-state index in [1.807, 2.05) is 0 Å². The SMILES string of the molecule is CC(C)N1CCN(C(=O)C2CCN(CCC(C)(C)C)CC2)CC1. The summed E-state index contributed by atoms with van der Waals surface area (Å²) >= 11 is 0. The van der Waals surface area contributed by atoms with Gasteiger partial charge in [-0.05, 0) is 58.2 Å². The third-order valence-electron chi connectivity index (χ3n) is 5.47. The van der Waals surface area contributed by atoms with Crippen molar-refractivity contribution in [2.24, 2.45) is 11.3 Å². The summed E-state index contributed by atoms with van der Waals surface area (Å²) in [6.07, 6.45) is 3.34. The normalized spacial score (nSPS) is 22.8. The number of nitrogens with zero attached hydrogens (tertiary/aromatic N) is 3. The molecule has 4 heteroatoms. The van der Waals surface area contributed by atoms with Crippen LogP contribution in [0, 0.1) is 11.3 Å². The van der Waals surface area contributed by atoms with E-state index in [0.29, 0.717) is 17.4 Å². The first-order chi connectivity index (χ1) is 10.8. The Kier molecular flexibility index (Phi) is 6.49. The zero-order chi connectivity index (χ0) is 17.0. The van der Waals surface area contributed by atoms with Crippen molar-refractivity contribution in [1.29, 1.82) is 0 Å². The topological polar surface area (TPSA) is 26.8 Å². The average Bonchev–Trinajstić information content (AvgIpc) is 2.52. The molecule has 1 amide bonds. The molecule has 0 spiro atoms. The summed E-state index contributed by atoms with van der Waals surface area (Å²) in [5.41, 5.74) is 0.406. The van der Waals surface area contributed by atoms with Crippen LogP contribution in [0.3, 0.4) is 0 Å². The Hall–Kier alpha value is -0.610. The molecule has 2 fully saturated rings. The van der Waals surface area contributed by atoms with E-state index in [9.17, 15) is 4.79 Å². The van der Waals surface area contributed by atoms with Gasteiger partial charge in [-0.2, -0.15) is 0 Å². The summed E-state index contributed by atoms with van der Waals surface area (Å²) in [6, 6.07) is 0.596. The second kappa shape index (κ2) is 7.98. The fourth-order valence-corrected chi connectivity index (χ4v) is 3.61. The van der Waals surface area contributed by atoms with Crippen LogP contribution in [0.15, 0.2) is 0 Å². The summed E-state index contributed by atoms with van der Waals surface area (Å²) in [5.74, 6) is 0.690. The lowest BCUT2D eigenvalue weighted by Crippen LogP contribution is -2.53. The van der Waals surface area contributed by atoms with Crippen LogP contribution in [-0.2, 0) is 4.79 Å². The fourth-order valence-electron chi connectivity index (χ4n) is 3.61. The summed E-state index contributed by atoms with van der Waals surface area (Å²) in [4.78, 5) is 19.9. The molecule has 0 atom stereocenters. The van der Waals surface area contributed by atoms with Crippen LogP contribution >= 0.6 is 0 Å². The second-order valence-electron chi connectivity index (χ2n) is 8.88. The predicted octanol–water partition coefficient (Wildman–Crippen LogP) is 2.69. The van der Waals surface area contributed by atoms with Crippen LogP contribution in [0.1, 0.15) is 53.9 Å². The first-order valence-corrected chi connectivity index (χ1v) is 9.51. The zero-order valence-corrected chi connectivity index (χ0v) is 16.0. The van der Waals surface area contributed by atoms with E-state index in [4.69, 9.17) is 0 Å². The Morgan fingerprint density at radius 2 is 1.57 bits per heavy atom. The van der Waals surface area contributed by atoms with Gasteiger partial charge in [0.15, 0.2) is 0 Å². The number of hydrogen-bond acceptors (Lipinski definition) is 3. The van der Waals surface area contributed by atoms with E-state index in [-0.39, 0.29) is 5.92 Å². The van der Waals surface area contributed by atoms with Gasteiger partial charge in [-0.15, -0.1) is 0 Å². The standard InChI is InChI=1S/C19H37N3O/c1-16(2)21-12-14-22(15-13-21)18(23)17-6-9-20(10-7-17)11-8-19(3,4)5/h16-17H,6-15H2,1-5H3. The van der Waals surface area contributed by atoms with E-state index >= 15 is 0 Å². The largest absolute Gasteiger partial charge is 0.340 e. The van der Waals surface area contributed by atoms with E-state index in [0.717, 1.165) is 52.1 Å². The first kappa shape index (κ1) is 18.7. The van der Waals surface area contributed by atoms with Gasteiger partial charge in [0.25, 0.3) is 0 Å². The maximum atomic E-state index is 12.7. The number of piperazine rings is 1. The fraction of sp³-hybridized carbons (Fsp3) is 0.947. The van der Waals surface area contributed by atoms with Crippen LogP contribution in [0.5, 0.6) is 0 Å². The molecular weight excluding hydrogens is 286 g/mol. The molecule has 0 aromatic rings. The minimum Gasteiger partial charge on any atom is -0.340 e. The maximum Gasteiger partial charge on any atom is 0.225 e. The van der Waals surface area contributed by atoms with Gasteiger partial charge >= 0.3 is 0 Å². The maximum absolute atomic E-state index is 12.7. The molecule has 4 nitrogen and oxygen atoms in total. The van der Waals surface area contributed by atoms with E-state index in [1.54, 1.807) is 0 Å². The molecule has 0 radical (unpaired) electrons. The number of piperidine rings is 1. The van der Waals surface area contributed by atoms with E-state index in [2.05, 4.69) is 49.3 Å². The van der Waals surface area contributed by atoms with Crippen LogP contribution in [-0.4, -0.2) is 72.5 Å². The van der Waals surface area contributed by atoms with Gasteiger partial charge in [-0.3, -0.25) is 9.69 Å². The number of amides is 1. The van der Waals surface area contributed by atoms with Gasteiger partial charge in [-0.1, -0.05) is 20.8 Å². The Morgan fingerprint density at radius 1 is 1.00 bits per heavy atom. The van der Waals surface area contributed by atoms with E-state index < -0.39 is 0 Å². The third-order valence-corrected chi connectivity index (χ3v) is 5.47. The molecule has 2 aliphatic rings. The van der Waals surface area contributed by atoms with Gasteiger partial charge in [0.2, 0.25) is 5.91 Å². The van der Waals surface area contributed by atoms with Crippen molar-refractivity contribution >= 4 is 5.91 Å². The van der Waals surface area contributed by atoms with Crippen molar-refractivity contribution in [3.8, 4) is 0 Å². The monoisotopic (exact) mass is 323 g/mol. The molecule has 2 saturated heterocycles. The summed E-state index contributed by atoms with van der Waals surface area (Å²) < 4.78 is 0. The summed E-state index contributed by atoms with van der Waals surface area (Å²) in [7, 11) is 0. The number of carbonyl (C=O) groups excluding carboxylic acids is 1. The number of likely N-dealkylation sites (tertiary alicyclic amines) is 1. The molecule has 0 unspecified atom stereocenters. The van der Waals surface area contributed by atoms with Crippen molar-refractivity contribution < 1.29 is 4.79 Å². The van der Waals surface area contributed by atoms with Crippen molar-refractivity contribution in [3.05, 3.63) is 0 Å². The molecule has 0 aromatic heterocycles. The Balaban J connectivity index is 1.72. The summed E-state index contributed by atoms with van der Waals surface area (Å²) in [6.45, 7) is 18.7. The van der Waals surface area contributed by atoms with Crippen LogP contribution < -0.4 is 0 Å². The second-order valence-corrected chi connectivity index (χ2v) is 8.88. The molecule has 0 saturated carbocycles. The summed E-state index contributed by atoms with van der Waals surface area (Å²) in [5, 5.41) is 0. The molecule has 2 aliphatic heterocycles. The highest BCUT2D eigenvalue weighted by Gasteiger charge is 2.30. The lowest BCUT2D eigenvalue weighted by molar-refractivity contribution is -0.139. The highest BCUT2D eigenvalue weighted by atomic mass is 16.2. The molecule has 0 aromatic carbocycles. The smallest absolute Gasteiger partial charge is 0.225 e. The predicted molar refractivity (Wildman–Crippen MR) is 96.5 cm³/mol. The Bertz CT molecular complexity index is 373. The lowest BCUT2D eigenvalue weighted by Gasteiger charge is -2.40. The first-order valence-electron chi connectivity index (χ1n) is 9.51. The van der Waals surface area contributed by atoms with Crippen LogP contribution in [0.25, 0.3) is 0 Å². The molecule has 0 bridgehead atoms. The van der Waals surface area contributed by atoms with Crippen LogP contribution in [0.4, 0.5) is 0 Å². The van der Waals surface area contributed by atoms with Gasteiger partial charge in [0.1, 0.15) is 0 Å². The van der Waals surface area contributed by atoms with Gasteiger partial charge in [0.05, 0.1) is 0 Å². The third kappa shape index (κ3) is 5.75. The van der Waals surface area contributed by atoms with Gasteiger partial charge < -0.3 is 9.80 Å². The van der Waals surface area contributed by atoms with Crippen LogP contribution in [0.2, 0.25) is 0 Å². The molecule has 2 rings (SSSR count). The Labute approximate surface area is 143 Å². The number of hydrogen-bond donors (Lipinski definition) is 0. The highest BCUT2D eigenvalue weighted by Crippen LogP contribution is 2.24. The molecule has 0 aliphatic carbocycles. The van der Waals surface area contributed by atoms with Crippen molar-refractivity contribution in [3.63, 3.8) is 0 Å². The molecule has 0 N–H and O–H groups in total. The zero-order valence-electron chi connectivity index (χ0n) is 16.0. The number of rotatable bonds is 4. The minimum atomic E-state index is 0.270. The van der Waals surface area contributed by atoms with Crippen molar-refractivity contribution in [2.75, 3.05) is 45.8 Å². The molecular formula is C19H37N3O. The molecule has 2 heterocycles. The Morgan fingerprint density at radius 3 is 2.04 bits per heavy atom. The lowest BCUT2D eigenvalue weighted by atomic mass is 9.90. The van der Waals surface area contributed by atoms with Crippen molar-refractivity contribution in [2.45, 2.75) is 59.9 Å². The number of carbonyl (C=O) groups is 1. The highest BCUT2D eigenvalue weighted by molar-refractivity contribution is 5.79. The molecule has 134 valence electrons. The minimum absolute atomic E-state index is 0.270. The van der Waals surface area contributed by atoms with Gasteiger partial charge in [0, 0.05) is 38.1 Å². The van der Waals surface area contributed by atoms with E-state index in [1.165, 1.54) is 13.0 Å². The van der Waals surface area contributed by atoms with Gasteiger partial charge in [-0.25, -0.2) is 0 Å². The quantitative estimate of drug-likeness (QED) is 0.796. The van der Waals surface area contributed by atoms with Crippen molar-refractivity contribution in [1.82, 2.24) is 14.7 Å².